The number of urea groups is 1. The van der Waals surface area contributed by atoms with Gasteiger partial charge in [0.05, 0.1) is 12.6 Å². The van der Waals surface area contributed by atoms with Crippen molar-refractivity contribution in [1.29, 1.82) is 0 Å². The summed E-state index contributed by atoms with van der Waals surface area (Å²) in [4.78, 5) is 24.4. The number of carbonyl (C=O) groups excluding carboxylic acids is 2. The minimum absolute atomic E-state index is 0.00159. The van der Waals surface area contributed by atoms with E-state index in [2.05, 4.69) is 16.0 Å². The number of carbonyl (C=O) groups is 2. The summed E-state index contributed by atoms with van der Waals surface area (Å²) in [6, 6.07) is 15.4. The third-order valence-corrected chi connectivity index (χ3v) is 4.83. The second kappa shape index (κ2) is 8.04. The predicted octanol–water partition coefficient (Wildman–Crippen LogP) is 3.69. The first-order valence-corrected chi connectivity index (χ1v) is 9.00. The van der Waals surface area contributed by atoms with E-state index in [1.54, 1.807) is 0 Å². The number of hydrogen-bond acceptors (Lipinski definition) is 2. The van der Waals surface area contributed by atoms with E-state index in [9.17, 15) is 9.59 Å². The van der Waals surface area contributed by atoms with Crippen LogP contribution in [-0.2, 0) is 4.79 Å². The lowest BCUT2D eigenvalue weighted by Gasteiger charge is -2.19. The fraction of sp³-hybridized carbons (Fsp3) is 0.333. The Balaban J connectivity index is 1.51. The maximum Gasteiger partial charge on any atom is 0.315 e. The zero-order valence-electron chi connectivity index (χ0n) is 15.2. The number of anilines is 1. The van der Waals surface area contributed by atoms with Crippen LogP contribution in [0.1, 0.15) is 35.6 Å². The molecule has 2 aromatic carbocycles. The van der Waals surface area contributed by atoms with Gasteiger partial charge in [0.15, 0.2) is 0 Å². The third-order valence-electron chi connectivity index (χ3n) is 4.83. The fourth-order valence-corrected chi connectivity index (χ4v) is 3.00. The molecule has 3 rings (SSSR count). The number of nitrogens with one attached hydrogen (secondary N) is 3. The van der Waals surface area contributed by atoms with Gasteiger partial charge in [0.1, 0.15) is 0 Å². The molecule has 1 atom stereocenters. The van der Waals surface area contributed by atoms with Crippen LogP contribution in [0.3, 0.4) is 0 Å². The lowest BCUT2D eigenvalue weighted by Crippen LogP contribution is -2.42. The summed E-state index contributed by atoms with van der Waals surface area (Å²) in [7, 11) is 0. The monoisotopic (exact) mass is 351 g/mol. The molecule has 3 amide bonds. The predicted molar refractivity (Wildman–Crippen MR) is 103 cm³/mol. The van der Waals surface area contributed by atoms with Gasteiger partial charge in [-0.1, -0.05) is 42.5 Å². The Labute approximate surface area is 154 Å². The molecule has 1 fully saturated rings. The minimum atomic E-state index is -0.318. The Morgan fingerprint density at radius 3 is 2.46 bits per heavy atom. The molecule has 1 aliphatic rings. The highest BCUT2D eigenvalue weighted by Crippen LogP contribution is 2.40. The smallest absolute Gasteiger partial charge is 0.315 e. The van der Waals surface area contributed by atoms with Crippen molar-refractivity contribution in [2.75, 3.05) is 11.9 Å². The first kappa shape index (κ1) is 18.0. The highest BCUT2D eigenvalue weighted by Gasteiger charge is 2.33. The molecule has 136 valence electrons. The molecule has 1 aliphatic carbocycles. The zero-order valence-corrected chi connectivity index (χ0v) is 15.2. The lowest BCUT2D eigenvalue weighted by atomic mass is 10.0. The van der Waals surface area contributed by atoms with Crippen LogP contribution in [0.2, 0.25) is 0 Å². The van der Waals surface area contributed by atoms with Gasteiger partial charge >= 0.3 is 6.03 Å². The average molecular weight is 351 g/mol. The van der Waals surface area contributed by atoms with Crippen LogP contribution >= 0.6 is 0 Å². The van der Waals surface area contributed by atoms with E-state index in [1.165, 1.54) is 0 Å². The van der Waals surface area contributed by atoms with Crippen LogP contribution < -0.4 is 16.0 Å². The zero-order chi connectivity index (χ0) is 18.5. The van der Waals surface area contributed by atoms with Gasteiger partial charge in [0, 0.05) is 5.69 Å². The molecule has 26 heavy (non-hydrogen) atoms. The van der Waals surface area contributed by atoms with Crippen molar-refractivity contribution in [2.24, 2.45) is 5.92 Å². The van der Waals surface area contributed by atoms with Crippen LogP contribution in [0.5, 0.6) is 0 Å². The molecule has 3 N–H and O–H groups in total. The van der Waals surface area contributed by atoms with E-state index in [-0.39, 0.29) is 24.5 Å². The molecule has 0 heterocycles. The Morgan fingerprint density at radius 1 is 1.04 bits per heavy atom. The second-order valence-electron chi connectivity index (χ2n) is 6.85. The van der Waals surface area contributed by atoms with E-state index in [1.807, 2.05) is 62.4 Å². The quantitative estimate of drug-likeness (QED) is 0.743. The third kappa shape index (κ3) is 4.63. The molecule has 1 saturated carbocycles. The summed E-state index contributed by atoms with van der Waals surface area (Å²) in [5, 5.41) is 8.51. The van der Waals surface area contributed by atoms with E-state index in [0.29, 0.717) is 5.92 Å². The number of aryl methyl sites for hydroxylation is 1. The molecule has 0 saturated heterocycles. The van der Waals surface area contributed by atoms with Crippen molar-refractivity contribution in [2.45, 2.75) is 32.7 Å². The largest absolute Gasteiger partial charge is 0.331 e. The molecule has 0 spiro atoms. The SMILES string of the molecule is Cc1cccc(NC(=O)CNC(=O)N[C@@H](c2ccccc2)C2CC2)c1C. The van der Waals surface area contributed by atoms with Gasteiger partial charge in [-0.25, -0.2) is 4.79 Å². The van der Waals surface area contributed by atoms with E-state index < -0.39 is 0 Å². The lowest BCUT2D eigenvalue weighted by molar-refractivity contribution is -0.115. The number of amides is 3. The van der Waals surface area contributed by atoms with Gasteiger partial charge in [-0.05, 0) is 55.4 Å². The molecule has 5 heteroatoms. The highest BCUT2D eigenvalue weighted by atomic mass is 16.2. The van der Waals surface area contributed by atoms with Crippen molar-refractivity contribution >= 4 is 17.6 Å². The van der Waals surface area contributed by atoms with Gasteiger partial charge in [0.25, 0.3) is 0 Å². The summed E-state index contributed by atoms with van der Waals surface area (Å²) >= 11 is 0. The Kier molecular flexibility index (Phi) is 5.56. The fourth-order valence-electron chi connectivity index (χ4n) is 3.00. The molecule has 2 aromatic rings. The maximum atomic E-state index is 12.2. The minimum Gasteiger partial charge on any atom is -0.331 e. The molecule has 5 nitrogen and oxygen atoms in total. The van der Waals surface area contributed by atoms with Crippen LogP contribution in [0.4, 0.5) is 10.5 Å². The Bertz CT molecular complexity index is 785. The van der Waals surface area contributed by atoms with Crippen molar-refractivity contribution in [3.05, 3.63) is 65.2 Å². The van der Waals surface area contributed by atoms with Crippen molar-refractivity contribution in [1.82, 2.24) is 10.6 Å². The molecular weight excluding hydrogens is 326 g/mol. The van der Waals surface area contributed by atoms with E-state index >= 15 is 0 Å². The summed E-state index contributed by atoms with van der Waals surface area (Å²) in [6.45, 7) is 3.90. The second-order valence-corrected chi connectivity index (χ2v) is 6.85. The highest BCUT2D eigenvalue weighted by molar-refractivity contribution is 5.95. The average Bonchev–Trinajstić information content (AvgIpc) is 3.47. The first-order valence-electron chi connectivity index (χ1n) is 9.00. The molecule has 0 unspecified atom stereocenters. The summed E-state index contributed by atoms with van der Waals surface area (Å²) in [5.74, 6) is 0.239. The molecule has 0 aliphatic heterocycles. The normalized spacial score (nSPS) is 14.4. The first-order chi connectivity index (χ1) is 12.5. The summed E-state index contributed by atoms with van der Waals surface area (Å²) in [5.41, 5.74) is 4.02. The number of hydrogen-bond donors (Lipinski definition) is 3. The number of benzene rings is 2. The van der Waals surface area contributed by atoms with Crippen molar-refractivity contribution < 1.29 is 9.59 Å². The van der Waals surface area contributed by atoms with Crippen LogP contribution in [-0.4, -0.2) is 18.5 Å². The van der Waals surface area contributed by atoms with Gasteiger partial charge < -0.3 is 16.0 Å². The number of rotatable bonds is 6. The molecule has 0 aromatic heterocycles. The van der Waals surface area contributed by atoms with E-state index in [4.69, 9.17) is 0 Å². The maximum absolute atomic E-state index is 12.2. The molecular formula is C21H25N3O2. The molecule has 0 bridgehead atoms. The van der Waals surface area contributed by atoms with Crippen LogP contribution in [0.15, 0.2) is 48.5 Å². The van der Waals surface area contributed by atoms with Crippen LogP contribution in [0.25, 0.3) is 0 Å². The standard InChI is InChI=1S/C21H25N3O2/c1-14-7-6-10-18(15(14)2)23-19(25)13-22-21(26)24-20(17-11-12-17)16-8-4-3-5-9-16/h3-10,17,20H,11-13H2,1-2H3,(H,23,25)(H2,22,24,26)/t20-/m0/s1. The summed E-state index contributed by atoms with van der Waals surface area (Å²) < 4.78 is 0. The van der Waals surface area contributed by atoms with Gasteiger partial charge in [-0.3, -0.25) is 4.79 Å². The Morgan fingerprint density at radius 2 is 1.77 bits per heavy atom. The topological polar surface area (TPSA) is 70.2 Å². The van der Waals surface area contributed by atoms with Gasteiger partial charge in [-0.2, -0.15) is 0 Å². The molecule has 0 radical (unpaired) electrons. The van der Waals surface area contributed by atoms with E-state index in [0.717, 1.165) is 35.2 Å². The van der Waals surface area contributed by atoms with Crippen LogP contribution in [0, 0.1) is 19.8 Å². The van der Waals surface area contributed by atoms with Crippen molar-refractivity contribution in [3.63, 3.8) is 0 Å². The summed E-state index contributed by atoms with van der Waals surface area (Å²) in [6.07, 6.45) is 2.24. The van der Waals surface area contributed by atoms with Gasteiger partial charge in [0.2, 0.25) is 5.91 Å². The van der Waals surface area contributed by atoms with Gasteiger partial charge in [-0.15, -0.1) is 0 Å². The Hall–Kier alpha value is -2.82. The van der Waals surface area contributed by atoms with Crippen molar-refractivity contribution in [3.8, 4) is 0 Å².